The van der Waals surface area contributed by atoms with Crippen LogP contribution in [0.15, 0.2) is 22.7 Å². The van der Waals surface area contributed by atoms with Crippen LogP contribution < -0.4 is 5.32 Å². The summed E-state index contributed by atoms with van der Waals surface area (Å²) in [4.78, 5) is 0. The largest absolute Gasteiger partial charge is 0.381 e. The summed E-state index contributed by atoms with van der Waals surface area (Å²) in [6.07, 6.45) is 1.21. The normalized spacial score (nSPS) is 12.8. The van der Waals surface area contributed by atoms with E-state index in [2.05, 4.69) is 21.2 Å². The summed E-state index contributed by atoms with van der Waals surface area (Å²) in [5.74, 6) is 0.0689. The van der Waals surface area contributed by atoms with E-state index in [-0.39, 0.29) is 11.8 Å². The fourth-order valence-corrected chi connectivity index (χ4v) is 2.95. The van der Waals surface area contributed by atoms with Crippen LogP contribution in [0.5, 0.6) is 0 Å². The third kappa shape index (κ3) is 4.75. The zero-order chi connectivity index (χ0) is 13.1. The van der Waals surface area contributed by atoms with Crippen molar-refractivity contribution in [1.82, 2.24) is 0 Å². The molecule has 0 heterocycles. The molecule has 0 aliphatic carbocycles. The minimum absolute atomic E-state index is 0.0689. The maximum Gasteiger partial charge on any atom is 0.149 e. The molecule has 1 rings (SSSR count). The first-order chi connectivity index (χ1) is 7.81. The van der Waals surface area contributed by atoms with Gasteiger partial charge in [-0.2, -0.15) is 5.26 Å². The fraction of sp³-hybridized carbons (Fsp3) is 0.364. The molecule has 0 saturated heterocycles. The molecule has 0 radical (unpaired) electrons. The Morgan fingerprint density at radius 1 is 1.53 bits per heavy atom. The number of halogens is 1. The van der Waals surface area contributed by atoms with E-state index in [0.29, 0.717) is 5.56 Å². The van der Waals surface area contributed by atoms with Crippen LogP contribution in [0.25, 0.3) is 0 Å². The Bertz CT molecular complexity index is 549. The molecule has 0 aliphatic heterocycles. The lowest BCUT2D eigenvalue weighted by atomic mass is 10.2. The standard InChI is InChI=1S/C11H13BrN2O2S/c1-8(7-17(2,15)16)14-11-4-3-9(6-13)5-10(11)12/h3-5,8,14H,7H2,1-2H3. The van der Waals surface area contributed by atoms with Gasteiger partial charge < -0.3 is 5.32 Å². The molecule has 1 aromatic carbocycles. The van der Waals surface area contributed by atoms with Gasteiger partial charge >= 0.3 is 0 Å². The summed E-state index contributed by atoms with van der Waals surface area (Å²) in [5.41, 5.74) is 1.33. The summed E-state index contributed by atoms with van der Waals surface area (Å²) in [5, 5.41) is 11.8. The van der Waals surface area contributed by atoms with Crippen LogP contribution in [-0.4, -0.2) is 26.5 Å². The second-order valence-electron chi connectivity index (χ2n) is 3.94. The zero-order valence-electron chi connectivity index (χ0n) is 9.57. The monoisotopic (exact) mass is 316 g/mol. The predicted octanol–water partition coefficient (Wildman–Crippen LogP) is 2.17. The summed E-state index contributed by atoms with van der Waals surface area (Å²) in [7, 11) is -3.00. The average molecular weight is 317 g/mol. The van der Waals surface area contributed by atoms with E-state index in [9.17, 15) is 8.42 Å². The first kappa shape index (κ1) is 14.0. The van der Waals surface area contributed by atoms with Gasteiger partial charge in [0.1, 0.15) is 9.84 Å². The van der Waals surface area contributed by atoms with Crippen molar-refractivity contribution in [3.05, 3.63) is 28.2 Å². The van der Waals surface area contributed by atoms with E-state index in [0.717, 1.165) is 10.2 Å². The molecule has 17 heavy (non-hydrogen) atoms. The number of rotatable bonds is 4. The molecule has 0 spiro atoms. The molecule has 4 nitrogen and oxygen atoms in total. The second-order valence-corrected chi connectivity index (χ2v) is 6.98. The summed E-state index contributed by atoms with van der Waals surface area (Å²) in [6.45, 7) is 1.80. The molecule has 1 atom stereocenters. The van der Waals surface area contributed by atoms with Gasteiger partial charge in [-0.25, -0.2) is 8.42 Å². The van der Waals surface area contributed by atoms with Gasteiger partial charge in [-0.05, 0) is 41.1 Å². The van der Waals surface area contributed by atoms with Gasteiger partial charge in [0.25, 0.3) is 0 Å². The van der Waals surface area contributed by atoms with Crippen molar-refractivity contribution in [2.45, 2.75) is 13.0 Å². The molecule has 0 saturated carbocycles. The lowest BCUT2D eigenvalue weighted by Crippen LogP contribution is -2.25. The maximum absolute atomic E-state index is 11.1. The van der Waals surface area contributed by atoms with Gasteiger partial charge in [0, 0.05) is 22.5 Å². The molecule has 1 aromatic rings. The van der Waals surface area contributed by atoms with Crippen molar-refractivity contribution in [2.75, 3.05) is 17.3 Å². The highest BCUT2D eigenvalue weighted by molar-refractivity contribution is 9.10. The van der Waals surface area contributed by atoms with E-state index in [1.54, 1.807) is 25.1 Å². The van der Waals surface area contributed by atoms with Gasteiger partial charge in [-0.1, -0.05) is 0 Å². The van der Waals surface area contributed by atoms with Gasteiger partial charge in [-0.15, -0.1) is 0 Å². The Labute approximate surface area is 110 Å². The minimum atomic E-state index is -3.00. The van der Waals surface area contributed by atoms with Crippen LogP contribution in [0.2, 0.25) is 0 Å². The van der Waals surface area contributed by atoms with E-state index in [1.807, 2.05) is 6.07 Å². The molecule has 0 amide bonds. The van der Waals surface area contributed by atoms with Crippen LogP contribution in [0, 0.1) is 11.3 Å². The number of sulfone groups is 1. The van der Waals surface area contributed by atoms with Crippen molar-refractivity contribution in [1.29, 1.82) is 5.26 Å². The predicted molar refractivity (Wildman–Crippen MR) is 71.7 cm³/mol. The number of anilines is 1. The molecule has 1 N–H and O–H groups in total. The van der Waals surface area contributed by atoms with Crippen molar-refractivity contribution in [2.24, 2.45) is 0 Å². The van der Waals surface area contributed by atoms with E-state index < -0.39 is 9.84 Å². The number of benzene rings is 1. The van der Waals surface area contributed by atoms with Crippen LogP contribution in [0.4, 0.5) is 5.69 Å². The molecule has 6 heteroatoms. The second kappa shape index (κ2) is 5.52. The van der Waals surface area contributed by atoms with Gasteiger partial charge in [0.2, 0.25) is 0 Å². The summed E-state index contributed by atoms with van der Waals surface area (Å²) >= 11 is 3.33. The number of nitrogens with one attached hydrogen (secondary N) is 1. The highest BCUT2D eigenvalue weighted by atomic mass is 79.9. The number of nitrogens with zero attached hydrogens (tertiary/aromatic N) is 1. The smallest absolute Gasteiger partial charge is 0.149 e. The Morgan fingerprint density at radius 3 is 2.65 bits per heavy atom. The molecular weight excluding hydrogens is 304 g/mol. The maximum atomic E-state index is 11.1. The Morgan fingerprint density at radius 2 is 2.18 bits per heavy atom. The molecule has 0 fully saturated rings. The van der Waals surface area contributed by atoms with E-state index in [1.165, 1.54) is 6.26 Å². The first-order valence-electron chi connectivity index (χ1n) is 4.96. The molecule has 92 valence electrons. The molecule has 0 aromatic heterocycles. The summed E-state index contributed by atoms with van der Waals surface area (Å²) < 4.78 is 23.0. The Balaban J connectivity index is 2.79. The Kier molecular flexibility index (Phi) is 4.54. The quantitative estimate of drug-likeness (QED) is 0.924. The molecular formula is C11H13BrN2O2S. The van der Waals surface area contributed by atoms with Crippen LogP contribution in [0.3, 0.4) is 0 Å². The Hall–Kier alpha value is -1.06. The highest BCUT2D eigenvalue weighted by Gasteiger charge is 2.11. The van der Waals surface area contributed by atoms with Gasteiger partial charge in [-0.3, -0.25) is 0 Å². The van der Waals surface area contributed by atoms with Gasteiger partial charge in [0.05, 0.1) is 17.4 Å². The third-order valence-electron chi connectivity index (χ3n) is 2.05. The van der Waals surface area contributed by atoms with Crippen LogP contribution >= 0.6 is 15.9 Å². The number of hydrogen-bond donors (Lipinski definition) is 1. The fourth-order valence-electron chi connectivity index (χ4n) is 1.46. The van der Waals surface area contributed by atoms with Crippen LogP contribution in [0.1, 0.15) is 12.5 Å². The molecule has 1 unspecified atom stereocenters. The highest BCUT2D eigenvalue weighted by Crippen LogP contribution is 2.24. The van der Waals surface area contributed by atoms with E-state index >= 15 is 0 Å². The average Bonchev–Trinajstić information content (AvgIpc) is 2.18. The molecule has 0 aliphatic rings. The first-order valence-corrected chi connectivity index (χ1v) is 7.81. The lowest BCUT2D eigenvalue weighted by Gasteiger charge is -2.15. The van der Waals surface area contributed by atoms with Crippen molar-refractivity contribution in [3.63, 3.8) is 0 Å². The van der Waals surface area contributed by atoms with Crippen molar-refractivity contribution < 1.29 is 8.42 Å². The number of hydrogen-bond acceptors (Lipinski definition) is 4. The third-order valence-corrected chi connectivity index (χ3v) is 3.81. The van der Waals surface area contributed by atoms with Crippen molar-refractivity contribution in [3.8, 4) is 6.07 Å². The topological polar surface area (TPSA) is 70.0 Å². The number of nitriles is 1. The lowest BCUT2D eigenvalue weighted by molar-refractivity contribution is 0.598. The van der Waals surface area contributed by atoms with Crippen molar-refractivity contribution >= 4 is 31.5 Å². The zero-order valence-corrected chi connectivity index (χ0v) is 12.0. The summed E-state index contributed by atoms with van der Waals surface area (Å²) in [6, 6.07) is 6.97. The minimum Gasteiger partial charge on any atom is -0.381 e. The van der Waals surface area contributed by atoms with Gasteiger partial charge in [0.15, 0.2) is 0 Å². The SMILES string of the molecule is CC(CS(C)(=O)=O)Nc1ccc(C#N)cc1Br. The van der Waals surface area contributed by atoms with E-state index in [4.69, 9.17) is 5.26 Å². The molecule has 0 bridgehead atoms. The van der Waals surface area contributed by atoms with Crippen LogP contribution in [-0.2, 0) is 9.84 Å².